The van der Waals surface area contributed by atoms with Crippen LogP contribution in [0.3, 0.4) is 0 Å². The highest BCUT2D eigenvalue weighted by atomic mass is 16.6. The number of hydrogen-bond acceptors (Lipinski definition) is 5. The molecule has 7 heteroatoms. The molecule has 2 aromatic rings. The number of pyridine rings is 1. The third-order valence-corrected chi connectivity index (χ3v) is 3.74. The van der Waals surface area contributed by atoms with Gasteiger partial charge in [-0.05, 0) is 18.9 Å². The second-order valence-electron chi connectivity index (χ2n) is 5.29. The lowest BCUT2D eigenvalue weighted by Gasteiger charge is -2.19. The lowest BCUT2D eigenvalue weighted by molar-refractivity contribution is -0.386. The molecule has 0 fully saturated rings. The molecule has 1 unspecified atom stereocenters. The monoisotopic (exact) mass is 330 g/mol. The first-order valence-electron chi connectivity index (χ1n) is 7.52. The topological polar surface area (TPSA) is 91.4 Å². The van der Waals surface area contributed by atoms with E-state index in [2.05, 4.69) is 0 Å². The van der Waals surface area contributed by atoms with Gasteiger partial charge in [-0.15, -0.1) is 0 Å². The molecular weight excluding hydrogens is 312 g/mol. The summed E-state index contributed by atoms with van der Waals surface area (Å²) in [6.07, 6.45) is 0.287. The van der Waals surface area contributed by atoms with Crippen LogP contribution in [0.15, 0.2) is 47.3 Å². The summed E-state index contributed by atoms with van der Waals surface area (Å²) < 4.78 is 6.41. The third-order valence-electron chi connectivity index (χ3n) is 3.74. The van der Waals surface area contributed by atoms with Crippen LogP contribution >= 0.6 is 0 Å². The third kappa shape index (κ3) is 3.68. The van der Waals surface area contributed by atoms with E-state index in [1.165, 1.54) is 6.92 Å². The highest BCUT2D eigenvalue weighted by molar-refractivity contribution is 5.74. The van der Waals surface area contributed by atoms with Gasteiger partial charge in [0.1, 0.15) is 12.6 Å². The molecule has 0 saturated carbocycles. The Morgan fingerprint density at radius 1 is 1.25 bits per heavy atom. The van der Waals surface area contributed by atoms with Crippen molar-refractivity contribution in [3.63, 3.8) is 0 Å². The summed E-state index contributed by atoms with van der Waals surface area (Å²) in [6, 6.07) is 10.5. The van der Waals surface area contributed by atoms with Gasteiger partial charge in [-0.1, -0.05) is 37.3 Å². The van der Waals surface area contributed by atoms with Crippen LogP contribution in [0.25, 0.3) is 0 Å². The maximum Gasteiger partial charge on any atom is 0.329 e. The van der Waals surface area contributed by atoms with Crippen molar-refractivity contribution in [3.05, 3.63) is 74.2 Å². The summed E-state index contributed by atoms with van der Waals surface area (Å²) in [4.78, 5) is 35.0. The summed E-state index contributed by atoms with van der Waals surface area (Å²) in [5.74, 6) is -0.591. The van der Waals surface area contributed by atoms with Crippen LogP contribution in [0.5, 0.6) is 0 Å². The van der Waals surface area contributed by atoms with Crippen molar-refractivity contribution in [2.24, 2.45) is 0 Å². The number of rotatable bonds is 6. The molecule has 0 spiro atoms. The number of nitro groups is 1. The number of aromatic nitrogens is 1. The zero-order chi connectivity index (χ0) is 17.7. The molecule has 0 radical (unpaired) electrons. The first kappa shape index (κ1) is 17.4. The van der Waals surface area contributed by atoms with Gasteiger partial charge in [0.25, 0.3) is 11.2 Å². The van der Waals surface area contributed by atoms with Gasteiger partial charge in [0.05, 0.1) is 10.6 Å². The molecule has 0 amide bonds. The fourth-order valence-corrected chi connectivity index (χ4v) is 2.50. The van der Waals surface area contributed by atoms with E-state index < -0.39 is 22.5 Å². The smallest absolute Gasteiger partial charge is 0.329 e. The van der Waals surface area contributed by atoms with E-state index in [4.69, 9.17) is 4.74 Å². The summed E-state index contributed by atoms with van der Waals surface area (Å²) in [6.45, 7) is 3.25. The Bertz CT molecular complexity index is 798. The second kappa shape index (κ2) is 7.54. The van der Waals surface area contributed by atoms with Crippen molar-refractivity contribution in [1.82, 2.24) is 4.57 Å². The maximum atomic E-state index is 12.4. The summed E-state index contributed by atoms with van der Waals surface area (Å²) >= 11 is 0. The first-order valence-corrected chi connectivity index (χ1v) is 7.52. The summed E-state index contributed by atoms with van der Waals surface area (Å²) in [5.41, 5.74) is 0.283. The molecule has 126 valence electrons. The number of esters is 1. The molecule has 1 aromatic heterocycles. The highest BCUT2D eigenvalue weighted by Crippen LogP contribution is 2.21. The predicted molar refractivity (Wildman–Crippen MR) is 87.7 cm³/mol. The van der Waals surface area contributed by atoms with Crippen LogP contribution < -0.4 is 5.56 Å². The van der Waals surface area contributed by atoms with Crippen molar-refractivity contribution in [1.29, 1.82) is 0 Å². The Morgan fingerprint density at radius 2 is 1.92 bits per heavy atom. The molecule has 1 atom stereocenters. The second-order valence-corrected chi connectivity index (χ2v) is 5.29. The number of benzene rings is 1. The van der Waals surface area contributed by atoms with Gasteiger partial charge in [0.2, 0.25) is 0 Å². The van der Waals surface area contributed by atoms with Crippen molar-refractivity contribution in [3.8, 4) is 0 Å². The van der Waals surface area contributed by atoms with E-state index in [0.717, 1.165) is 22.3 Å². The Labute approximate surface area is 138 Å². The van der Waals surface area contributed by atoms with E-state index in [1.54, 1.807) is 6.92 Å². The Hall–Kier alpha value is -2.96. The van der Waals surface area contributed by atoms with Crippen LogP contribution in [0.1, 0.15) is 30.6 Å². The van der Waals surface area contributed by atoms with Gasteiger partial charge >= 0.3 is 5.97 Å². The maximum absolute atomic E-state index is 12.4. The van der Waals surface area contributed by atoms with Gasteiger partial charge in [-0.25, -0.2) is 4.79 Å². The van der Waals surface area contributed by atoms with Crippen molar-refractivity contribution in [2.45, 2.75) is 32.9 Å². The molecule has 7 nitrogen and oxygen atoms in total. The normalized spacial score (nSPS) is 11.8. The molecule has 24 heavy (non-hydrogen) atoms. The molecule has 0 aliphatic carbocycles. The summed E-state index contributed by atoms with van der Waals surface area (Å²) in [7, 11) is 0. The largest absolute Gasteiger partial charge is 0.459 e. The fourth-order valence-electron chi connectivity index (χ4n) is 2.50. The van der Waals surface area contributed by atoms with Crippen LogP contribution in [0, 0.1) is 17.0 Å². The lowest BCUT2D eigenvalue weighted by atomic mass is 10.2. The van der Waals surface area contributed by atoms with E-state index in [0.29, 0.717) is 0 Å². The van der Waals surface area contributed by atoms with Crippen LogP contribution in [0.4, 0.5) is 5.69 Å². The van der Waals surface area contributed by atoms with Gasteiger partial charge < -0.3 is 4.74 Å². The van der Waals surface area contributed by atoms with E-state index >= 15 is 0 Å². The molecule has 0 bridgehead atoms. The number of nitrogens with zero attached hydrogens (tertiary/aromatic N) is 2. The van der Waals surface area contributed by atoms with Crippen LogP contribution in [0.2, 0.25) is 0 Å². The molecule has 2 rings (SSSR count). The molecular formula is C17H18N2O5. The van der Waals surface area contributed by atoms with Crippen molar-refractivity contribution < 1.29 is 14.5 Å². The van der Waals surface area contributed by atoms with Crippen LogP contribution in [-0.4, -0.2) is 15.5 Å². The van der Waals surface area contributed by atoms with Crippen LogP contribution in [-0.2, 0) is 16.1 Å². The quantitative estimate of drug-likeness (QED) is 0.461. The zero-order valence-electron chi connectivity index (χ0n) is 13.5. The SMILES string of the molecule is CCC(C(=O)OCc1ccccc1)n1c(C)c([N+](=O)[O-])ccc1=O. The highest BCUT2D eigenvalue weighted by Gasteiger charge is 2.26. The zero-order valence-corrected chi connectivity index (χ0v) is 13.5. The molecule has 1 aromatic carbocycles. The minimum atomic E-state index is -0.902. The minimum Gasteiger partial charge on any atom is -0.459 e. The van der Waals surface area contributed by atoms with Crippen molar-refractivity contribution in [2.75, 3.05) is 0 Å². The van der Waals surface area contributed by atoms with E-state index in [1.807, 2.05) is 30.3 Å². The molecule has 0 aliphatic heterocycles. The van der Waals surface area contributed by atoms with E-state index in [-0.39, 0.29) is 24.4 Å². The molecule has 0 saturated heterocycles. The van der Waals surface area contributed by atoms with Gasteiger partial charge in [-0.2, -0.15) is 0 Å². The number of carbonyl (C=O) groups is 1. The number of hydrogen-bond donors (Lipinski definition) is 0. The predicted octanol–water partition coefficient (Wildman–Crippen LogP) is 2.76. The summed E-state index contributed by atoms with van der Waals surface area (Å²) in [5, 5.41) is 11.1. The Balaban J connectivity index is 2.28. The van der Waals surface area contributed by atoms with Gasteiger partial charge in [0, 0.05) is 12.1 Å². The van der Waals surface area contributed by atoms with Crippen molar-refractivity contribution >= 4 is 11.7 Å². The Kier molecular flexibility index (Phi) is 5.47. The average molecular weight is 330 g/mol. The van der Waals surface area contributed by atoms with Gasteiger partial charge in [0.15, 0.2) is 0 Å². The number of carbonyl (C=O) groups excluding carboxylic acids is 1. The molecule has 1 heterocycles. The Morgan fingerprint density at radius 3 is 2.50 bits per heavy atom. The average Bonchev–Trinajstić information content (AvgIpc) is 2.57. The molecule has 0 aliphatic rings. The standard InChI is InChI=1S/C17H18N2O5/c1-3-14(17(21)24-11-13-7-5-4-6-8-13)18-12(2)15(19(22)23)9-10-16(18)20/h4-10,14H,3,11H2,1-2H3. The fraction of sp³-hybridized carbons (Fsp3) is 0.294. The van der Waals surface area contributed by atoms with E-state index in [9.17, 15) is 19.7 Å². The number of ether oxygens (including phenoxy) is 1. The minimum absolute atomic E-state index is 0.0822. The lowest BCUT2D eigenvalue weighted by Crippen LogP contribution is -2.32. The first-order chi connectivity index (χ1) is 11.5. The molecule has 0 N–H and O–H groups in total. The van der Waals surface area contributed by atoms with Gasteiger partial charge in [-0.3, -0.25) is 19.5 Å².